The zero-order valence-corrected chi connectivity index (χ0v) is 14.8. The van der Waals surface area contributed by atoms with Crippen molar-refractivity contribution in [3.63, 3.8) is 0 Å². The Bertz CT molecular complexity index is 410. The molecular formula is C16H24N2O2S2. The lowest BCUT2D eigenvalue weighted by molar-refractivity contribution is -0.128. The van der Waals surface area contributed by atoms with Crippen LogP contribution in [0.3, 0.4) is 0 Å². The molecule has 0 aliphatic carbocycles. The van der Waals surface area contributed by atoms with Gasteiger partial charge in [-0.05, 0) is 0 Å². The van der Waals surface area contributed by atoms with E-state index in [-0.39, 0.29) is 16.9 Å². The van der Waals surface area contributed by atoms with Gasteiger partial charge in [0.1, 0.15) is 0 Å². The van der Waals surface area contributed by atoms with Crippen LogP contribution in [0.25, 0.3) is 0 Å². The third-order valence-corrected chi connectivity index (χ3v) is 4.95. The molecule has 2 rings (SSSR count). The number of thioether (sulfide) groups is 2. The van der Waals surface area contributed by atoms with Crippen molar-refractivity contribution in [3.8, 4) is 0 Å². The largest absolute Gasteiger partial charge is 0.289 e. The first-order valence-corrected chi connectivity index (χ1v) is 9.50. The van der Waals surface area contributed by atoms with E-state index in [1.54, 1.807) is 0 Å². The lowest BCUT2D eigenvalue weighted by Gasteiger charge is -2.27. The van der Waals surface area contributed by atoms with Crippen LogP contribution in [0.2, 0.25) is 0 Å². The van der Waals surface area contributed by atoms with E-state index in [1.807, 2.05) is 60.1 Å². The first-order chi connectivity index (χ1) is 10.6. The molecule has 6 heteroatoms. The molecule has 0 bridgehead atoms. The third kappa shape index (κ3) is 9.12. The van der Waals surface area contributed by atoms with Crippen molar-refractivity contribution in [1.29, 1.82) is 0 Å². The van der Waals surface area contributed by atoms with Gasteiger partial charge in [0, 0.05) is 43.2 Å². The van der Waals surface area contributed by atoms with E-state index in [9.17, 15) is 9.59 Å². The molecule has 1 atom stereocenters. The predicted molar refractivity (Wildman–Crippen MR) is 95.8 cm³/mol. The zero-order valence-electron chi connectivity index (χ0n) is 13.2. The standard InChI is InChI=1S/C10H18N2O2S2.C6H6/c1-8(7-16-9(2)13)10(14)11-12-3-5-15-6-4-12;1-2-4-6-5-3-1/h8H,3-7H2,1-2H3,(H,11,14);1-6H. The Balaban J connectivity index is 0.000000335. The van der Waals surface area contributed by atoms with Crippen LogP contribution in [0.1, 0.15) is 13.8 Å². The Kier molecular flexibility index (Phi) is 10.0. The Morgan fingerprint density at radius 2 is 1.64 bits per heavy atom. The van der Waals surface area contributed by atoms with E-state index in [4.69, 9.17) is 0 Å². The lowest BCUT2D eigenvalue weighted by Crippen LogP contribution is -2.48. The molecule has 0 saturated carbocycles. The maximum atomic E-state index is 11.7. The average Bonchev–Trinajstić information content (AvgIpc) is 2.55. The zero-order chi connectivity index (χ0) is 16.2. The molecule has 0 aromatic heterocycles. The molecule has 122 valence electrons. The van der Waals surface area contributed by atoms with E-state index >= 15 is 0 Å². The van der Waals surface area contributed by atoms with Crippen molar-refractivity contribution in [3.05, 3.63) is 36.4 Å². The summed E-state index contributed by atoms with van der Waals surface area (Å²) in [6, 6.07) is 12.0. The Hall–Kier alpha value is -0.980. The number of hydrazine groups is 1. The number of hydrogen-bond donors (Lipinski definition) is 1. The van der Waals surface area contributed by atoms with Crippen molar-refractivity contribution in [2.45, 2.75) is 13.8 Å². The number of benzene rings is 1. The molecule has 22 heavy (non-hydrogen) atoms. The van der Waals surface area contributed by atoms with Crippen molar-refractivity contribution >= 4 is 34.5 Å². The number of carbonyl (C=O) groups excluding carboxylic acids is 2. The topological polar surface area (TPSA) is 49.4 Å². The van der Waals surface area contributed by atoms with E-state index in [1.165, 1.54) is 18.7 Å². The fourth-order valence-corrected chi connectivity index (χ4v) is 3.18. The second-order valence-corrected chi connectivity index (χ2v) is 7.36. The molecule has 1 unspecified atom stereocenters. The van der Waals surface area contributed by atoms with Crippen LogP contribution in [0.5, 0.6) is 0 Å². The van der Waals surface area contributed by atoms with Gasteiger partial charge in [0.15, 0.2) is 5.12 Å². The molecule has 1 fully saturated rings. The molecule has 1 aliphatic rings. The Morgan fingerprint density at radius 3 is 2.09 bits per heavy atom. The SMILES string of the molecule is CC(=O)SCC(C)C(=O)NN1CCSCC1.c1ccccc1. The number of rotatable bonds is 4. The van der Waals surface area contributed by atoms with Gasteiger partial charge in [0.25, 0.3) is 0 Å². The highest BCUT2D eigenvalue weighted by Crippen LogP contribution is 2.11. The molecule has 1 saturated heterocycles. The van der Waals surface area contributed by atoms with Crippen LogP contribution in [-0.4, -0.2) is 46.4 Å². The van der Waals surface area contributed by atoms with Crippen molar-refractivity contribution in [2.24, 2.45) is 5.92 Å². The number of hydrogen-bond acceptors (Lipinski definition) is 5. The minimum Gasteiger partial charge on any atom is -0.289 e. The van der Waals surface area contributed by atoms with Crippen molar-refractivity contribution in [1.82, 2.24) is 10.4 Å². The van der Waals surface area contributed by atoms with Gasteiger partial charge in [-0.2, -0.15) is 11.8 Å². The van der Waals surface area contributed by atoms with E-state index < -0.39 is 0 Å². The number of nitrogens with one attached hydrogen (secondary N) is 1. The Labute approximate surface area is 141 Å². The molecule has 1 heterocycles. The molecule has 4 nitrogen and oxygen atoms in total. The highest BCUT2D eigenvalue weighted by Gasteiger charge is 2.18. The smallest absolute Gasteiger partial charge is 0.237 e. The van der Waals surface area contributed by atoms with Crippen LogP contribution in [0.15, 0.2) is 36.4 Å². The van der Waals surface area contributed by atoms with Gasteiger partial charge in [-0.25, -0.2) is 5.01 Å². The average molecular weight is 341 g/mol. The quantitative estimate of drug-likeness (QED) is 0.913. The van der Waals surface area contributed by atoms with Crippen LogP contribution in [-0.2, 0) is 9.59 Å². The van der Waals surface area contributed by atoms with Crippen LogP contribution < -0.4 is 5.43 Å². The van der Waals surface area contributed by atoms with E-state index in [0.717, 1.165) is 24.6 Å². The van der Waals surface area contributed by atoms with Gasteiger partial charge in [-0.3, -0.25) is 15.0 Å². The summed E-state index contributed by atoms with van der Waals surface area (Å²) < 4.78 is 0. The second-order valence-electron chi connectivity index (χ2n) is 4.93. The van der Waals surface area contributed by atoms with Crippen molar-refractivity contribution in [2.75, 3.05) is 30.3 Å². The van der Waals surface area contributed by atoms with Gasteiger partial charge in [-0.15, -0.1) is 0 Å². The monoisotopic (exact) mass is 340 g/mol. The minimum absolute atomic E-state index is 0.0145. The summed E-state index contributed by atoms with van der Waals surface area (Å²) in [4.78, 5) is 22.5. The minimum atomic E-state index is -0.122. The van der Waals surface area contributed by atoms with Crippen LogP contribution >= 0.6 is 23.5 Å². The highest BCUT2D eigenvalue weighted by atomic mass is 32.2. The maximum Gasteiger partial charge on any atom is 0.237 e. The summed E-state index contributed by atoms with van der Waals surface area (Å²) in [5, 5.41) is 2.03. The maximum absolute atomic E-state index is 11.7. The molecule has 1 N–H and O–H groups in total. The molecular weight excluding hydrogens is 316 g/mol. The first kappa shape index (κ1) is 19.1. The van der Waals surface area contributed by atoms with Gasteiger partial charge in [0.05, 0.1) is 0 Å². The summed E-state index contributed by atoms with van der Waals surface area (Å²) in [7, 11) is 0. The van der Waals surface area contributed by atoms with Crippen molar-refractivity contribution < 1.29 is 9.59 Å². The van der Waals surface area contributed by atoms with E-state index in [0.29, 0.717) is 5.75 Å². The molecule has 1 aromatic carbocycles. The number of nitrogens with zero attached hydrogens (tertiary/aromatic N) is 1. The lowest BCUT2D eigenvalue weighted by atomic mass is 10.2. The van der Waals surface area contributed by atoms with Gasteiger partial charge < -0.3 is 0 Å². The predicted octanol–water partition coefficient (Wildman–Crippen LogP) is 2.67. The molecule has 0 radical (unpaired) electrons. The summed E-state index contributed by atoms with van der Waals surface area (Å²) >= 11 is 3.11. The second kappa shape index (κ2) is 11.6. The van der Waals surface area contributed by atoms with Gasteiger partial charge in [-0.1, -0.05) is 55.1 Å². The highest BCUT2D eigenvalue weighted by molar-refractivity contribution is 8.13. The van der Waals surface area contributed by atoms with Gasteiger partial charge in [0.2, 0.25) is 5.91 Å². The molecule has 0 spiro atoms. The number of amides is 1. The summed E-state index contributed by atoms with van der Waals surface area (Å²) in [6.45, 7) is 5.19. The summed E-state index contributed by atoms with van der Waals surface area (Å²) in [5.74, 6) is 2.58. The molecule has 1 amide bonds. The third-order valence-electron chi connectivity index (χ3n) is 2.93. The molecule has 1 aromatic rings. The van der Waals surface area contributed by atoms with Crippen LogP contribution in [0.4, 0.5) is 0 Å². The Morgan fingerprint density at radius 1 is 1.14 bits per heavy atom. The normalized spacial score (nSPS) is 16.1. The summed E-state index contributed by atoms with van der Waals surface area (Å²) in [5.41, 5.74) is 2.90. The van der Waals surface area contributed by atoms with Crippen LogP contribution in [0, 0.1) is 5.92 Å². The fourth-order valence-electron chi connectivity index (χ4n) is 1.64. The summed E-state index contributed by atoms with van der Waals surface area (Å²) in [6.07, 6.45) is 0. The molecule has 1 aliphatic heterocycles. The van der Waals surface area contributed by atoms with E-state index in [2.05, 4.69) is 5.43 Å². The fraction of sp³-hybridized carbons (Fsp3) is 0.500. The number of carbonyl (C=O) groups is 2. The van der Waals surface area contributed by atoms with Gasteiger partial charge >= 0.3 is 0 Å². The first-order valence-electron chi connectivity index (χ1n) is 7.36.